The molecular weight excluding hydrogens is 482 g/mol. The van der Waals surface area contributed by atoms with Gasteiger partial charge in [-0.25, -0.2) is 0 Å². The minimum Gasteiger partial charge on any atom is -0.361 e. The maximum atomic E-state index is 12.7. The van der Waals surface area contributed by atoms with Crippen LogP contribution in [0.2, 0.25) is 0 Å². The van der Waals surface area contributed by atoms with Crippen LogP contribution in [0.15, 0.2) is 64.1 Å². The molecular formula is C34H39N3O2. The second-order valence-corrected chi connectivity index (χ2v) is 13.0. The SMILES string of the molecule is CN(C)C1(CCc2ccc3c(c2)CC2=NC(c4ccc(CC(=O)Cc5cc(C(C)(C)C)on5)cc4)=CC23)CC1. The lowest BCUT2D eigenvalue weighted by Gasteiger charge is -2.23. The first-order valence-corrected chi connectivity index (χ1v) is 14.3. The van der Waals surface area contributed by atoms with Crippen LogP contribution in [0, 0.1) is 0 Å². The van der Waals surface area contributed by atoms with Crippen LogP contribution in [0.25, 0.3) is 5.70 Å². The van der Waals surface area contributed by atoms with Gasteiger partial charge in [0.1, 0.15) is 11.5 Å². The van der Waals surface area contributed by atoms with Crippen molar-refractivity contribution in [1.82, 2.24) is 10.1 Å². The fourth-order valence-electron chi connectivity index (χ4n) is 6.04. The average molecular weight is 522 g/mol. The van der Waals surface area contributed by atoms with E-state index in [9.17, 15) is 4.79 Å². The van der Waals surface area contributed by atoms with E-state index in [1.807, 2.05) is 18.2 Å². The normalized spacial score (nSPS) is 19.1. The van der Waals surface area contributed by atoms with Gasteiger partial charge in [-0.1, -0.05) is 68.4 Å². The van der Waals surface area contributed by atoms with E-state index in [1.165, 1.54) is 41.7 Å². The molecule has 0 saturated heterocycles. The number of nitrogens with zero attached hydrogens (tertiary/aromatic N) is 3. The Bertz CT molecular complexity index is 1460. The molecule has 0 bridgehead atoms. The fourth-order valence-corrected chi connectivity index (χ4v) is 6.04. The Morgan fingerprint density at radius 1 is 1.03 bits per heavy atom. The monoisotopic (exact) mass is 521 g/mol. The lowest BCUT2D eigenvalue weighted by Crippen LogP contribution is -2.30. The van der Waals surface area contributed by atoms with Crippen LogP contribution in [-0.2, 0) is 35.9 Å². The number of rotatable bonds is 9. The van der Waals surface area contributed by atoms with E-state index >= 15 is 0 Å². The highest BCUT2D eigenvalue weighted by Crippen LogP contribution is 2.45. The van der Waals surface area contributed by atoms with Gasteiger partial charge >= 0.3 is 0 Å². The average Bonchev–Trinajstić information content (AvgIpc) is 3.18. The number of ketones is 1. The fraction of sp³-hybridized carbons (Fsp3) is 0.441. The van der Waals surface area contributed by atoms with Crippen molar-refractivity contribution < 1.29 is 9.32 Å². The molecule has 5 heteroatoms. The summed E-state index contributed by atoms with van der Waals surface area (Å²) in [6.45, 7) is 6.22. The number of aliphatic imine (C=N–C) groups is 1. The molecule has 3 aromatic rings. The first-order valence-electron chi connectivity index (χ1n) is 14.3. The second-order valence-electron chi connectivity index (χ2n) is 13.0. The van der Waals surface area contributed by atoms with Crippen molar-refractivity contribution in [3.05, 3.63) is 93.9 Å². The zero-order chi connectivity index (χ0) is 27.4. The molecule has 0 N–H and O–H groups in total. The summed E-state index contributed by atoms with van der Waals surface area (Å²) in [5.41, 5.74) is 9.74. The lowest BCUT2D eigenvalue weighted by atomic mass is 9.93. The molecule has 2 heterocycles. The summed E-state index contributed by atoms with van der Waals surface area (Å²) in [4.78, 5) is 20.1. The van der Waals surface area contributed by atoms with Crippen LogP contribution >= 0.6 is 0 Å². The summed E-state index contributed by atoms with van der Waals surface area (Å²) in [6.07, 6.45) is 8.98. The van der Waals surface area contributed by atoms with Gasteiger partial charge in [-0.05, 0) is 73.7 Å². The predicted molar refractivity (Wildman–Crippen MR) is 156 cm³/mol. The predicted octanol–water partition coefficient (Wildman–Crippen LogP) is 6.49. The number of fused-ring (bicyclic) bond motifs is 3. The molecule has 6 rings (SSSR count). The smallest absolute Gasteiger partial charge is 0.143 e. The van der Waals surface area contributed by atoms with Gasteiger partial charge in [0, 0.05) is 41.5 Å². The number of aromatic nitrogens is 1. The molecule has 1 saturated carbocycles. The van der Waals surface area contributed by atoms with Gasteiger partial charge in [0.05, 0.1) is 17.8 Å². The molecule has 1 aromatic heterocycles. The summed E-state index contributed by atoms with van der Waals surface area (Å²) in [5, 5.41) is 4.09. The highest BCUT2D eigenvalue weighted by atomic mass is 16.5. The molecule has 39 heavy (non-hydrogen) atoms. The molecule has 2 aromatic carbocycles. The lowest BCUT2D eigenvalue weighted by molar-refractivity contribution is -0.117. The van der Waals surface area contributed by atoms with Gasteiger partial charge in [-0.3, -0.25) is 9.79 Å². The molecule has 1 fully saturated rings. The summed E-state index contributed by atoms with van der Waals surface area (Å²) in [5.74, 6) is 1.24. The molecule has 0 amide bonds. The highest BCUT2D eigenvalue weighted by Gasteiger charge is 2.44. The molecule has 202 valence electrons. The topological polar surface area (TPSA) is 58.7 Å². The first-order chi connectivity index (χ1) is 18.6. The van der Waals surface area contributed by atoms with Crippen LogP contribution in [0.5, 0.6) is 0 Å². The van der Waals surface area contributed by atoms with Gasteiger partial charge in [-0.2, -0.15) is 0 Å². The molecule has 0 radical (unpaired) electrons. The van der Waals surface area contributed by atoms with Crippen molar-refractivity contribution in [3.8, 4) is 0 Å². The van der Waals surface area contributed by atoms with Crippen LogP contribution in [0.1, 0.15) is 85.2 Å². The second kappa shape index (κ2) is 9.71. The molecule has 0 spiro atoms. The maximum absolute atomic E-state index is 12.7. The third-order valence-corrected chi connectivity index (χ3v) is 8.84. The van der Waals surface area contributed by atoms with Gasteiger partial charge in [0.2, 0.25) is 0 Å². The Balaban J connectivity index is 1.07. The Labute approximate surface area is 232 Å². The van der Waals surface area contributed by atoms with Crippen molar-refractivity contribution in [3.63, 3.8) is 0 Å². The Hall–Kier alpha value is -3.31. The third-order valence-electron chi connectivity index (χ3n) is 8.84. The molecule has 5 nitrogen and oxygen atoms in total. The van der Waals surface area contributed by atoms with Gasteiger partial charge in [-0.15, -0.1) is 0 Å². The van der Waals surface area contributed by atoms with E-state index in [0.29, 0.717) is 30.0 Å². The largest absolute Gasteiger partial charge is 0.361 e. The Kier molecular flexibility index (Phi) is 6.46. The van der Waals surface area contributed by atoms with Crippen LogP contribution in [0.4, 0.5) is 0 Å². The number of hydrogen-bond acceptors (Lipinski definition) is 5. The van der Waals surface area contributed by atoms with E-state index in [1.54, 1.807) is 0 Å². The van der Waals surface area contributed by atoms with Crippen molar-refractivity contribution in [2.45, 2.75) is 82.6 Å². The van der Waals surface area contributed by atoms with Crippen molar-refractivity contribution in [1.29, 1.82) is 0 Å². The summed E-state index contributed by atoms with van der Waals surface area (Å²) >= 11 is 0. The van der Waals surface area contributed by atoms with Crippen molar-refractivity contribution in [2.75, 3.05) is 14.1 Å². The van der Waals surface area contributed by atoms with Gasteiger partial charge < -0.3 is 9.42 Å². The van der Waals surface area contributed by atoms with Crippen molar-refractivity contribution in [2.24, 2.45) is 4.99 Å². The zero-order valence-corrected chi connectivity index (χ0v) is 23.9. The van der Waals surface area contributed by atoms with E-state index in [-0.39, 0.29) is 11.2 Å². The number of aryl methyl sites for hydroxylation is 1. The highest BCUT2D eigenvalue weighted by molar-refractivity contribution is 6.05. The molecule has 2 aliphatic carbocycles. The summed E-state index contributed by atoms with van der Waals surface area (Å²) in [7, 11) is 4.43. The van der Waals surface area contributed by atoms with E-state index in [0.717, 1.165) is 35.4 Å². The Morgan fingerprint density at radius 3 is 2.44 bits per heavy atom. The molecule has 1 unspecified atom stereocenters. The molecule has 1 aliphatic heterocycles. The van der Waals surface area contributed by atoms with Crippen LogP contribution in [0.3, 0.4) is 0 Å². The number of allylic oxidation sites excluding steroid dienone is 1. The zero-order valence-electron chi connectivity index (χ0n) is 23.9. The number of Topliss-reactive ketones (excluding diaryl/α,β-unsaturated/α-hetero) is 1. The number of hydrogen-bond donors (Lipinski definition) is 0. The minimum atomic E-state index is -0.114. The first kappa shape index (κ1) is 25.9. The van der Waals surface area contributed by atoms with Crippen LogP contribution in [-0.4, -0.2) is 41.2 Å². The standard InChI is InChI=1S/C34H39N3O2/c1-33(2,3)32-20-26(36-39-32)19-27(38)17-22-6-9-24(10-7-22)30-21-29-28-11-8-23(16-25(28)18-31(29)35-30)12-13-34(14-15-34)37(4)5/h6-11,16,20-21,29H,12-15,17-19H2,1-5H3. The number of carbonyl (C=O) groups excluding carboxylic acids is 1. The minimum absolute atomic E-state index is 0.114. The quantitative estimate of drug-likeness (QED) is 0.323. The summed E-state index contributed by atoms with van der Waals surface area (Å²) < 4.78 is 5.42. The van der Waals surface area contributed by atoms with Gasteiger partial charge in [0.25, 0.3) is 0 Å². The van der Waals surface area contributed by atoms with Crippen molar-refractivity contribution >= 4 is 17.2 Å². The number of carbonyl (C=O) groups is 1. The van der Waals surface area contributed by atoms with E-state index < -0.39 is 0 Å². The molecule has 3 aliphatic rings. The molecule has 1 atom stereocenters. The van der Waals surface area contributed by atoms with E-state index in [2.05, 4.69) is 81.3 Å². The Morgan fingerprint density at radius 2 is 1.77 bits per heavy atom. The summed E-state index contributed by atoms with van der Waals surface area (Å²) in [6, 6.07) is 17.3. The van der Waals surface area contributed by atoms with Gasteiger partial charge in [0.15, 0.2) is 0 Å². The van der Waals surface area contributed by atoms with E-state index in [4.69, 9.17) is 9.52 Å². The van der Waals surface area contributed by atoms with Crippen LogP contribution < -0.4 is 0 Å². The third kappa shape index (κ3) is 5.29. The maximum Gasteiger partial charge on any atom is 0.143 e. The number of benzene rings is 2.